The fourth-order valence-electron chi connectivity index (χ4n) is 3.22. The van der Waals surface area contributed by atoms with E-state index in [0.717, 1.165) is 11.3 Å². The molecule has 0 spiro atoms. The first-order valence-corrected chi connectivity index (χ1v) is 9.37. The molecule has 2 aromatic carbocycles. The number of carbonyl (C=O) groups is 2. The van der Waals surface area contributed by atoms with E-state index >= 15 is 0 Å². The maximum atomic E-state index is 12.5. The third-order valence-electron chi connectivity index (χ3n) is 4.80. The minimum Gasteiger partial charge on any atom is -0.463 e. The molecule has 0 bridgehead atoms. The third kappa shape index (κ3) is 5.17. The summed E-state index contributed by atoms with van der Waals surface area (Å²) >= 11 is 0. The fourth-order valence-corrected chi connectivity index (χ4v) is 3.22. The van der Waals surface area contributed by atoms with E-state index in [9.17, 15) is 9.59 Å². The van der Waals surface area contributed by atoms with Crippen molar-refractivity contribution in [2.24, 2.45) is 0 Å². The number of anilines is 1. The molecule has 5 nitrogen and oxygen atoms in total. The lowest BCUT2D eigenvalue weighted by atomic mass is 10.0. The monoisotopic (exact) mass is 366 g/mol. The summed E-state index contributed by atoms with van der Waals surface area (Å²) in [6.45, 7) is 5.87. The maximum Gasteiger partial charge on any atom is 0.323 e. The first kappa shape index (κ1) is 19.1. The smallest absolute Gasteiger partial charge is 0.323 e. The molecule has 5 heteroatoms. The highest BCUT2D eigenvalue weighted by atomic mass is 16.5. The van der Waals surface area contributed by atoms with E-state index in [1.807, 2.05) is 59.5 Å². The summed E-state index contributed by atoms with van der Waals surface area (Å²) in [6.07, 6.45) is 0.0810. The maximum absolute atomic E-state index is 12.5. The molecular weight excluding hydrogens is 340 g/mol. The van der Waals surface area contributed by atoms with Crippen LogP contribution < -0.4 is 5.32 Å². The third-order valence-corrected chi connectivity index (χ3v) is 4.80. The summed E-state index contributed by atoms with van der Waals surface area (Å²) in [5, 5.41) is 2.89. The predicted octanol–water partition coefficient (Wildman–Crippen LogP) is 3.57. The standard InChI is InChI=1S/C22H26N2O3/c1-16(2)18-8-10-19(11-9-18)23-21(25)14-20-22(26)27-13-12-24(20)15-17-6-4-3-5-7-17/h3-11,16,20H,12-15H2,1-2H3,(H,23,25)/t20-/m1/s1. The molecule has 0 unspecified atom stereocenters. The second-order valence-electron chi connectivity index (χ2n) is 7.17. The van der Waals surface area contributed by atoms with Gasteiger partial charge in [-0.2, -0.15) is 0 Å². The zero-order chi connectivity index (χ0) is 19.2. The van der Waals surface area contributed by atoms with Crippen molar-refractivity contribution in [2.75, 3.05) is 18.5 Å². The van der Waals surface area contributed by atoms with Crippen LogP contribution >= 0.6 is 0 Å². The second kappa shape index (κ2) is 8.82. The van der Waals surface area contributed by atoms with Crippen LogP contribution in [-0.2, 0) is 20.9 Å². The number of morpholine rings is 1. The van der Waals surface area contributed by atoms with Gasteiger partial charge in [-0.15, -0.1) is 0 Å². The van der Waals surface area contributed by atoms with Crippen LogP contribution in [0.5, 0.6) is 0 Å². The number of ether oxygens (including phenoxy) is 1. The quantitative estimate of drug-likeness (QED) is 0.794. The molecule has 0 radical (unpaired) electrons. The van der Waals surface area contributed by atoms with Crippen LogP contribution in [0.15, 0.2) is 54.6 Å². The van der Waals surface area contributed by atoms with Gasteiger partial charge in [0.15, 0.2) is 0 Å². The molecule has 1 amide bonds. The number of benzene rings is 2. The topological polar surface area (TPSA) is 58.6 Å². The van der Waals surface area contributed by atoms with Crippen LogP contribution in [0.3, 0.4) is 0 Å². The Balaban J connectivity index is 1.63. The summed E-state index contributed by atoms with van der Waals surface area (Å²) in [7, 11) is 0. The molecule has 1 aliphatic rings. The van der Waals surface area contributed by atoms with E-state index < -0.39 is 6.04 Å². The number of carbonyl (C=O) groups excluding carboxylic acids is 2. The van der Waals surface area contributed by atoms with Crippen molar-refractivity contribution in [3.05, 3.63) is 65.7 Å². The zero-order valence-electron chi connectivity index (χ0n) is 15.9. The van der Waals surface area contributed by atoms with Crippen molar-refractivity contribution in [3.63, 3.8) is 0 Å². The zero-order valence-corrected chi connectivity index (χ0v) is 15.9. The SMILES string of the molecule is CC(C)c1ccc(NC(=O)C[C@@H]2C(=O)OCCN2Cc2ccccc2)cc1. The Morgan fingerprint density at radius 3 is 2.52 bits per heavy atom. The number of hydrogen-bond acceptors (Lipinski definition) is 4. The minimum atomic E-state index is -0.561. The molecule has 1 aliphatic heterocycles. The Labute approximate surface area is 160 Å². The van der Waals surface area contributed by atoms with Gasteiger partial charge in [-0.3, -0.25) is 14.5 Å². The summed E-state index contributed by atoms with van der Waals surface area (Å²) in [6, 6.07) is 17.2. The Bertz CT molecular complexity index is 772. The fraction of sp³-hybridized carbons (Fsp3) is 0.364. The van der Waals surface area contributed by atoms with Crippen LogP contribution in [0.4, 0.5) is 5.69 Å². The average molecular weight is 366 g/mol. The predicted molar refractivity (Wildman–Crippen MR) is 105 cm³/mol. The van der Waals surface area contributed by atoms with Gasteiger partial charge < -0.3 is 10.1 Å². The van der Waals surface area contributed by atoms with E-state index in [4.69, 9.17) is 4.74 Å². The lowest BCUT2D eigenvalue weighted by molar-refractivity contribution is -0.159. The van der Waals surface area contributed by atoms with Crippen molar-refractivity contribution in [1.82, 2.24) is 4.90 Å². The lowest BCUT2D eigenvalue weighted by Crippen LogP contribution is -2.49. The first-order valence-electron chi connectivity index (χ1n) is 9.37. The molecule has 2 aromatic rings. The number of rotatable bonds is 6. The molecule has 0 saturated carbocycles. The van der Waals surface area contributed by atoms with Crippen molar-refractivity contribution in [3.8, 4) is 0 Å². The number of amides is 1. The molecule has 1 atom stereocenters. The van der Waals surface area contributed by atoms with Gasteiger partial charge in [-0.25, -0.2) is 0 Å². The van der Waals surface area contributed by atoms with Gasteiger partial charge >= 0.3 is 5.97 Å². The van der Waals surface area contributed by atoms with E-state index in [1.54, 1.807) is 0 Å². The van der Waals surface area contributed by atoms with Gasteiger partial charge in [0, 0.05) is 18.8 Å². The van der Waals surface area contributed by atoms with Crippen molar-refractivity contribution >= 4 is 17.6 Å². The Morgan fingerprint density at radius 1 is 1.15 bits per heavy atom. The number of esters is 1. The molecule has 1 saturated heterocycles. The van der Waals surface area contributed by atoms with E-state index in [2.05, 4.69) is 19.2 Å². The number of hydrogen-bond donors (Lipinski definition) is 1. The number of nitrogens with one attached hydrogen (secondary N) is 1. The van der Waals surface area contributed by atoms with E-state index in [1.165, 1.54) is 5.56 Å². The van der Waals surface area contributed by atoms with E-state index in [-0.39, 0.29) is 18.3 Å². The lowest BCUT2D eigenvalue weighted by Gasteiger charge is -2.33. The summed E-state index contributed by atoms with van der Waals surface area (Å²) in [5.74, 6) is -0.0741. The molecule has 1 fully saturated rings. The molecule has 0 aromatic heterocycles. The van der Waals surface area contributed by atoms with Crippen LogP contribution in [-0.4, -0.2) is 36.0 Å². The number of cyclic esters (lactones) is 1. The molecule has 27 heavy (non-hydrogen) atoms. The highest BCUT2D eigenvalue weighted by molar-refractivity contribution is 5.94. The average Bonchev–Trinajstić information content (AvgIpc) is 2.66. The minimum absolute atomic E-state index is 0.0810. The summed E-state index contributed by atoms with van der Waals surface area (Å²) in [5.41, 5.74) is 3.07. The molecule has 0 aliphatic carbocycles. The Morgan fingerprint density at radius 2 is 1.85 bits per heavy atom. The second-order valence-corrected chi connectivity index (χ2v) is 7.17. The molecule has 1 heterocycles. The van der Waals surface area contributed by atoms with Crippen molar-refractivity contribution in [1.29, 1.82) is 0 Å². The molecule has 142 valence electrons. The highest BCUT2D eigenvalue weighted by Gasteiger charge is 2.33. The van der Waals surface area contributed by atoms with Crippen LogP contribution in [0.2, 0.25) is 0 Å². The van der Waals surface area contributed by atoms with Gasteiger partial charge in [0.2, 0.25) is 5.91 Å². The van der Waals surface area contributed by atoms with E-state index in [0.29, 0.717) is 25.6 Å². The Hall–Kier alpha value is -2.66. The first-order chi connectivity index (χ1) is 13.0. The van der Waals surface area contributed by atoms with Gasteiger partial charge in [-0.05, 0) is 29.2 Å². The van der Waals surface area contributed by atoms with Gasteiger partial charge in [-0.1, -0.05) is 56.3 Å². The van der Waals surface area contributed by atoms with Gasteiger partial charge in [0.05, 0.1) is 6.42 Å². The van der Waals surface area contributed by atoms with Gasteiger partial charge in [0.1, 0.15) is 12.6 Å². The number of nitrogens with zero attached hydrogens (tertiary/aromatic N) is 1. The van der Waals surface area contributed by atoms with Crippen LogP contribution in [0.1, 0.15) is 37.3 Å². The normalized spacial score (nSPS) is 17.6. The molecule has 3 rings (SSSR count). The van der Waals surface area contributed by atoms with Gasteiger partial charge in [0.25, 0.3) is 0 Å². The van der Waals surface area contributed by atoms with Crippen LogP contribution in [0, 0.1) is 0 Å². The van der Waals surface area contributed by atoms with Crippen molar-refractivity contribution < 1.29 is 14.3 Å². The van der Waals surface area contributed by atoms with Crippen LogP contribution in [0.25, 0.3) is 0 Å². The summed E-state index contributed by atoms with van der Waals surface area (Å²) < 4.78 is 5.19. The highest BCUT2D eigenvalue weighted by Crippen LogP contribution is 2.19. The summed E-state index contributed by atoms with van der Waals surface area (Å²) in [4.78, 5) is 26.8. The van der Waals surface area contributed by atoms with Crippen molar-refractivity contribution in [2.45, 2.75) is 38.8 Å². The molecular formula is C22H26N2O3. The Kier molecular flexibility index (Phi) is 6.24. The molecule has 1 N–H and O–H groups in total. The largest absolute Gasteiger partial charge is 0.463 e.